The molecule has 0 unspecified atom stereocenters. The topological polar surface area (TPSA) is 64.3 Å². The van der Waals surface area contributed by atoms with Gasteiger partial charge in [-0.3, -0.25) is 10.2 Å². The van der Waals surface area contributed by atoms with Crippen molar-refractivity contribution in [2.75, 3.05) is 6.61 Å². The average molecular weight is 250 g/mol. The Morgan fingerprint density at radius 3 is 2.56 bits per heavy atom. The number of nitrogens with two attached hydrogens (primary N) is 1. The van der Waals surface area contributed by atoms with Crippen molar-refractivity contribution in [1.82, 2.24) is 5.43 Å². The van der Waals surface area contributed by atoms with Crippen molar-refractivity contribution in [3.8, 4) is 5.75 Å². The Balaban J connectivity index is 2.99. The van der Waals surface area contributed by atoms with Crippen molar-refractivity contribution >= 4 is 5.91 Å². The molecule has 0 aromatic heterocycles. The van der Waals surface area contributed by atoms with Crippen LogP contribution in [0.3, 0.4) is 0 Å². The predicted molar refractivity (Wildman–Crippen MR) is 72.3 cm³/mol. The molecule has 0 aliphatic carbocycles. The van der Waals surface area contributed by atoms with Gasteiger partial charge in [0.2, 0.25) is 0 Å². The third-order valence-electron chi connectivity index (χ3n) is 2.78. The summed E-state index contributed by atoms with van der Waals surface area (Å²) in [5.74, 6) is 5.43. The highest BCUT2D eigenvalue weighted by Gasteiger charge is 2.19. The number of rotatable bonds is 4. The lowest BCUT2D eigenvalue weighted by Gasteiger charge is -2.23. The number of hydrogen-bond acceptors (Lipinski definition) is 3. The molecule has 0 bridgehead atoms. The molecule has 18 heavy (non-hydrogen) atoms. The lowest BCUT2D eigenvalue weighted by Crippen LogP contribution is -2.34. The van der Waals surface area contributed by atoms with Gasteiger partial charge < -0.3 is 4.74 Å². The number of hydrogen-bond donors (Lipinski definition) is 2. The maximum atomic E-state index is 11.1. The molecular formula is C14H22N2O2. The highest BCUT2D eigenvalue weighted by Crippen LogP contribution is 2.32. The van der Waals surface area contributed by atoms with E-state index in [1.54, 1.807) is 0 Å². The second kappa shape index (κ2) is 5.87. The van der Waals surface area contributed by atoms with Crippen molar-refractivity contribution < 1.29 is 9.53 Å². The lowest BCUT2D eigenvalue weighted by molar-refractivity contribution is -0.123. The number of carbonyl (C=O) groups excluding carboxylic acids is 1. The van der Waals surface area contributed by atoms with Gasteiger partial charge in [-0.1, -0.05) is 39.8 Å². The summed E-state index contributed by atoms with van der Waals surface area (Å²) in [7, 11) is 0. The Hall–Kier alpha value is -1.55. The van der Waals surface area contributed by atoms with E-state index >= 15 is 0 Å². The first kappa shape index (κ1) is 14.5. The van der Waals surface area contributed by atoms with Crippen molar-refractivity contribution in [3.63, 3.8) is 0 Å². The van der Waals surface area contributed by atoms with Crippen molar-refractivity contribution in [2.45, 2.75) is 39.5 Å². The van der Waals surface area contributed by atoms with Gasteiger partial charge in [0, 0.05) is 0 Å². The summed E-state index contributed by atoms with van der Waals surface area (Å²) < 4.78 is 5.52. The van der Waals surface area contributed by atoms with Crippen LogP contribution in [0.25, 0.3) is 0 Å². The van der Waals surface area contributed by atoms with E-state index in [1.165, 1.54) is 5.56 Å². The molecule has 0 aliphatic heterocycles. The number of aryl methyl sites for hydroxylation is 1. The summed E-state index contributed by atoms with van der Waals surface area (Å²) in [6, 6.07) is 6.07. The van der Waals surface area contributed by atoms with Crippen LogP contribution in [0.4, 0.5) is 0 Å². The Morgan fingerprint density at radius 1 is 1.39 bits per heavy atom. The molecule has 0 fully saturated rings. The maximum absolute atomic E-state index is 11.1. The predicted octanol–water partition coefficient (Wildman–Crippen LogP) is 1.92. The first-order chi connectivity index (χ1) is 8.38. The van der Waals surface area contributed by atoms with Crippen molar-refractivity contribution in [1.29, 1.82) is 0 Å². The molecule has 100 valence electrons. The molecule has 4 nitrogen and oxygen atoms in total. The third-order valence-corrected chi connectivity index (χ3v) is 2.78. The second-order valence-corrected chi connectivity index (χ2v) is 5.29. The van der Waals surface area contributed by atoms with Gasteiger partial charge in [0.15, 0.2) is 6.61 Å². The molecule has 0 aliphatic rings. The molecule has 0 heterocycles. The van der Waals surface area contributed by atoms with Crippen molar-refractivity contribution in [2.24, 2.45) is 5.84 Å². The zero-order valence-corrected chi connectivity index (χ0v) is 11.5. The van der Waals surface area contributed by atoms with Gasteiger partial charge in [-0.15, -0.1) is 0 Å². The minimum atomic E-state index is -0.338. The summed E-state index contributed by atoms with van der Waals surface area (Å²) >= 11 is 0. The van der Waals surface area contributed by atoms with Crippen LogP contribution in [0.2, 0.25) is 0 Å². The zero-order chi connectivity index (χ0) is 13.8. The SMILES string of the molecule is CCc1ccc(OCC(=O)NN)c(C(C)(C)C)c1. The van der Waals surface area contributed by atoms with Crippen LogP contribution in [0.1, 0.15) is 38.8 Å². The largest absolute Gasteiger partial charge is 0.483 e. The van der Waals surface area contributed by atoms with Gasteiger partial charge in [-0.25, -0.2) is 5.84 Å². The molecule has 1 amide bonds. The summed E-state index contributed by atoms with van der Waals surface area (Å²) in [5, 5.41) is 0. The minimum absolute atomic E-state index is 0.0281. The maximum Gasteiger partial charge on any atom is 0.271 e. The lowest BCUT2D eigenvalue weighted by atomic mass is 9.85. The fourth-order valence-corrected chi connectivity index (χ4v) is 1.69. The van der Waals surface area contributed by atoms with Gasteiger partial charge in [0.05, 0.1) is 0 Å². The first-order valence-electron chi connectivity index (χ1n) is 6.14. The van der Waals surface area contributed by atoms with E-state index < -0.39 is 0 Å². The number of nitrogens with one attached hydrogen (secondary N) is 1. The molecule has 0 saturated carbocycles. The van der Waals surface area contributed by atoms with E-state index in [4.69, 9.17) is 10.6 Å². The number of ether oxygens (including phenoxy) is 1. The number of carbonyl (C=O) groups is 1. The van der Waals surface area contributed by atoms with Crippen LogP contribution in [-0.4, -0.2) is 12.5 Å². The molecule has 0 saturated heterocycles. The summed E-state index contributed by atoms with van der Waals surface area (Å²) in [6.07, 6.45) is 0.979. The Labute approximate surface area is 108 Å². The fourth-order valence-electron chi connectivity index (χ4n) is 1.69. The van der Waals surface area contributed by atoms with Gasteiger partial charge >= 0.3 is 0 Å². The van der Waals surface area contributed by atoms with E-state index in [9.17, 15) is 4.79 Å². The van der Waals surface area contributed by atoms with Gasteiger partial charge in [0.1, 0.15) is 5.75 Å². The zero-order valence-electron chi connectivity index (χ0n) is 11.5. The van der Waals surface area contributed by atoms with Crippen LogP contribution in [0.15, 0.2) is 18.2 Å². The van der Waals surface area contributed by atoms with Gasteiger partial charge in [-0.2, -0.15) is 0 Å². The first-order valence-corrected chi connectivity index (χ1v) is 6.14. The molecule has 0 spiro atoms. The molecule has 0 radical (unpaired) electrons. The summed E-state index contributed by atoms with van der Waals surface area (Å²) in [5.41, 5.74) is 4.39. The molecule has 4 heteroatoms. The van der Waals surface area contributed by atoms with Crippen LogP contribution in [0, 0.1) is 0 Å². The highest BCUT2D eigenvalue weighted by molar-refractivity contribution is 5.76. The Morgan fingerprint density at radius 2 is 2.06 bits per heavy atom. The standard InChI is InChI=1S/C14H22N2O2/c1-5-10-6-7-12(18-9-13(17)16-15)11(8-10)14(2,3)4/h6-8H,5,9,15H2,1-4H3,(H,16,17). The molecule has 1 rings (SSSR count). The van der Waals surface area contributed by atoms with E-state index in [2.05, 4.69) is 39.2 Å². The number of benzene rings is 1. The molecule has 0 atom stereocenters. The number of amides is 1. The summed E-state index contributed by atoms with van der Waals surface area (Å²) in [6.45, 7) is 8.42. The van der Waals surface area contributed by atoms with E-state index in [0.29, 0.717) is 0 Å². The quantitative estimate of drug-likeness (QED) is 0.487. The number of hydrazine groups is 1. The normalized spacial score (nSPS) is 11.2. The molecule has 1 aromatic carbocycles. The van der Waals surface area contributed by atoms with Crippen LogP contribution >= 0.6 is 0 Å². The molecule has 1 aromatic rings. The fraction of sp³-hybridized carbons (Fsp3) is 0.500. The smallest absolute Gasteiger partial charge is 0.271 e. The van der Waals surface area contributed by atoms with Crippen molar-refractivity contribution in [3.05, 3.63) is 29.3 Å². The van der Waals surface area contributed by atoms with Gasteiger partial charge in [-0.05, 0) is 29.0 Å². The van der Waals surface area contributed by atoms with Gasteiger partial charge in [0.25, 0.3) is 5.91 Å². The van der Waals surface area contributed by atoms with Crippen LogP contribution in [0.5, 0.6) is 5.75 Å². The van der Waals surface area contributed by atoms with E-state index in [-0.39, 0.29) is 17.9 Å². The van der Waals surface area contributed by atoms with Crippen LogP contribution < -0.4 is 16.0 Å². The van der Waals surface area contributed by atoms with E-state index in [0.717, 1.165) is 17.7 Å². The minimum Gasteiger partial charge on any atom is -0.483 e. The summed E-state index contributed by atoms with van der Waals surface area (Å²) in [4.78, 5) is 11.1. The Bertz CT molecular complexity index is 422. The monoisotopic (exact) mass is 250 g/mol. The molecule has 3 N–H and O–H groups in total. The second-order valence-electron chi connectivity index (χ2n) is 5.29. The highest BCUT2D eigenvalue weighted by atomic mass is 16.5. The third kappa shape index (κ3) is 3.74. The average Bonchev–Trinajstić information content (AvgIpc) is 2.34. The van der Waals surface area contributed by atoms with E-state index in [1.807, 2.05) is 12.1 Å². The van der Waals surface area contributed by atoms with Crippen LogP contribution in [-0.2, 0) is 16.6 Å². The Kier molecular flexibility index (Phi) is 4.73. The molecular weight excluding hydrogens is 228 g/mol.